The van der Waals surface area contributed by atoms with Crippen LogP contribution in [0.25, 0.3) is 0 Å². The van der Waals surface area contributed by atoms with Crippen molar-refractivity contribution in [1.82, 2.24) is 5.16 Å². The van der Waals surface area contributed by atoms with Crippen LogP contribution in [0.15, 0.2) is 34.9 Å². The lowest BCUT2D eigenvalue weighted by molar-refractivity contribution is 0.242. The molecule has 2 aromatic rings. The van der Waals surface area contributed by atoms with Crippen molar-refractivity contribution < 1.29 is 9.26 Å². The summed E-state index contributed by atoms with van der Waals surface area (Å²) < 4.78 is 10.7. The Balaban J connectivity index is 2.01. The maximum Gasteiger partial charge on any atom is 0.167 e. The Morgan fingerprint density at radius 3 is 2.53 bits per heavy atom. The van der Waals surface area contributed by atoms with Crippen LogP contribution in [0.5, 0.6) is 5.75 Å². The molecule has 0 amide bonds. The minimum absolute atomic E-state index is 0.181. The maximum atomic E-state index is 5.61. The molecule has 1 aromatic carbocycles. The largest absolute Gasteiger partial charge is 0.491 e. The van der Waals surface area contributed by atoms with Crippen molar-refractivity contribution in [3.8, 4) is 5.75 Å². The maximum absolute atomic E-state index is 5.61. The number of anilines is 2. The van der Waals surface area contributed by atoms with E-state index in [1.807, 2.05) is 45.2 Å². The highest BCUT2D eigenvalue weighted by Crippen LogP contribution is 2.21. The zero-order chi connectivity index (χ0) is 13.8. The van der Waals surface area contributed by atoms with Crippen molar-refractivity contribution in [2.45, 2.75) is 26.5 Å². The third-order valence-corrected chi connectivity index (χ3v) is 2.62. The SMILES string of the molecule is CC(C)Oc1ccc(N(C)Cc2cc(N)no2)cc1. The van der Waals surface area contributed by atoms with Gasteiger partial charge in [-0.25, -0.2) is 0 Å². The van der Waals surface area contributed by atoms with Gasteiger partial charge in [0.25, 0.3) is 0 Å². The second-order valence-electron chi connectivity index (χ2n) is 4.73. The molecule has 0 radical (unpaired) electrons. The van der Waals surface area contributed by atoms with E-state index >= 15 is 0 Å². The van der Waals surface area contributed by atoms with Crippen molar-refractivity contribution in [3.63, 3.8) is 0 Å². The fourth-order valence-electron chi connectivity index (χ4n) is 1.78. The number of ether oxygens (including phenoxy) is 1. The first-order chi connectivity index (χ1) is 9.04. The lowest BCUT2D eigenvalue weighted by Crippen LogP contribution is -2.15. The zero-order valence-electron chi connectivity index (χ0n) is 11.5. The van der Waals surface area contributed by atoms with Gasteiger partial charge in [0.2, 0.25) is 0 Å². The fourth-order valence-corrected chi connectivity index (χ4v) is 1.78. The minimum atomic E-state index is 0.181. The molecule has 0 aliphatic heterocycles. The molecule has 1 aromatic heterocycles. The fraction of sp³-hybridized carbons (Fsp3) is 0.357. The van der Waals surface area contributed by atoms with E-state index in [-0.39, 0.29) is 6.10 Å². The van der Waals surface area contributed by atoms with Crippen LogP contribution >= 0.6 is 0 Å². The van der Waals surface area contributed by atoms with E-state index in [2.05, 4.69) is 10.1 Å². The van der Waals surface area contributed by atoms with Gasteiger partial charge >= 0.3 is 0 Å². The Bertz CT molecular complexity index is 520. The van der Waals surface area contributed by atoms with Crippen LogP contribution in [0.3, 0.4) is 0 Å². The van der Waals surface area contributed by atoms with Crippen LogP contribution in [-0.2, 0) is 6.54 Å². The Morgan fingerprint density at radius 2 is 2.00 bits per heavy atom. The summed E-state index contributed by atoms with van der Waals surface area (Å²) in [5, 5.41) is 3.67. The van der Waals surface area contributed by atoms with E-state index in [0.717, 1.165) is 17.2 Å². The molecular formula is C14H19N3O2. The number of benzene rings is 1. The Labute approximate surface area is 112 Å². The number of rotatable bonds is 5. The van der Waals surface area contributed by atoms with Crippen molar-refractivity contribution in [2.75, 3.05) is 17.7 Å². The summed E-state index contributed by atoms with van der Waals surface area (Å²) in [5.74, 6) is 2.02. The molecule has 0 fully saturated rings. The Morgan fingerprint density at radius 1 is 1.32 bits per heavy atom. The first-order valence-corrected chi connectivity index (χ1v) is 6.23. The number of hydrogen-bond donors (Lipinski definition) is 1. The van der Waals surface area contributed by atoms with Gasteiger partial charge in [-0.1, -0.05) is 5.16 Å². The first-order valence-electron chi connectivity index (χ1n) is 6.23. The van der Waals surface area contributed by atoms with Crippen LogP contribution in [0.2, 0.25) is 0 Å². The Kier molecular flexibility index (Phi) is 3.94. The van der Waals surface area contributed by atoms with Crippen molar-refractivity contribution in [2.24, 2.45) is 0 Å². The quantitative estimate of drug-likeness (QED) is 0.896. The van der Waals surface area contributed by atoms with Gasteiger partial charge in [0, 0.05) is 18.8 Å². The smallest absolute Gasteiger partial charge is 0.167 e. The summed E-state index contributed by atoms with van der Waals surface area (Å²) in [4.78, 5) is 2.05. The third kappa shape index (κ3) is 3.64. The normalized spacial score (nSPS) is 10.7. The summed E-state index contributed by atoms with van der Waals surface area (Å²) >= 11 is 0. The van der Waals surface area contributed by atoms with Gasteiger partial charge in [0.05, 0.1) is 12.6 Å². The number of nitrogens with two attached hydrogens (primary N) is 1. The number of nitrogens with zero attached hydrogens (tertiary/aromatic N) is 2. The van der Waals surface area contributed by atoms with Crippen LogP contribution < -0.4 is 15.4 Å². The predicted molar refractivity (Wildman–Crippen MR) is 75.2 cm³/mol. The first kappa shape index (κ1) is 13.3. The molecule has 19 heavy (non-hydrogen) atoms. The molecule has 5 heteroatoms. The van der Waals surface area contributed by atoms with Crippen LogP contribution in [0.4, 0.5) is 11.5 Å². The van der Waals surface area contributed by atoms with Crippen molar-refractivity contribution >= 4 is 11.5 Å². The van der Waals surface area contributed by atoms with E-state index in [9.17, 15) is 0 Å². The topological polar surface area (TPSA) is 64.5 Å². The minimum Gasteiger partial charge on any atom is -0.491 e. The van der Waals surface area contributed by atoms with Crippen LogP contribution in [-0.4, -0.2) is 18.3 Å². The molecule has 5 nitrogen and oxygen atoms in total. The number of aromatic nitrogens is 1. The summed E-state index contributed by atoms with van der Waals surface area (Å²) in [7, 11) is 1.98. The summed E-state index contributed by atoms with van der Waals surface area (Å²) in [6.07, 6.45) is 0.181. The van der Waals surface area contributed by atoms with E-state index in [0.29, 0.717) is 12.4 Å². The number of hydrogen-bond acceptors (Lipinski definition) is 5. The van der Waals surface area contributed by atoms with Gasteiger partial charge in [-0.15, -0.1) is 0 Å². The molecule has 102 valence electrons. The van der Waals surface area contributed by atoms with E-state index in [4.69, 9.17) is 15.0 Å². The third-order valence-electron chi connectivity index (χ3n) is 2.62. The standard InChI is InChI=1S/C14H19N3O2/c1-10(2)18-12-6-4-11(5-7-12)17(3)9-13-8-14(15)16-19-13/h4-8,10H,9H2,1-3H3,(H2,15,16). The van der Waals surface area contributed by atoms with E-state index in [1.165, 1.54) is 0 Å². The molecule has 0 aliphatic rings. The second kappa shape index (κ2) is 5.65. The highest BCUT2D eigenvalue weighted by molar-refractivity contribution is 5.48. The molecule has 2 N–H and O–H groups in total. The van der Waals surface area contributed by atoms with Gasteiger partial charge in [0.1, 0.15) is 5.75 Å². The molecule has 0 saturated heterocycles. The Hall–Kier alpha value is -2.17. The van der Waals surface area contributed by atoms with Gasteiger partial charge in [0.15, 0.2) is 11.6 Å². The predicted octanol–water partition coefficient (Wildman–Crippen LogP) is 2.68. The molecular weight excluding hydrogens is 242 g/mol. The van der Waals surface area contributed by atoms with Crippen LogP contribution in [0.1, 0.15) is 19.6 Å². The van der Waals surface area contributed by atoms with Gasteiger partial charge in [-0.3, -0.25) is 0 Å². The van der Waals surface area contributed by atoms with E-state index < -0.39 is 0 Å². The average Bonchev–Trinajstić information content (AvgIpc) is 2.75. The van der Waals surface area contributed by atoms with E-state index in [1.54, 1.807) is 6.07 Å². The highest BCUT2D eigenvalue weighted by atomic mass is 16.5. The molecule has 1 heterocycles. The molecule has 0 bridgehead atoms. The molecule has 0 atom stereocenters. The van der Waals surface area contributed by atoms with Crippen LogP contribution in [0, 0.1) is 0 Å². The monoisotopic (exact) mass is 261 g/mol. The lowest BCUT2D eigenvalue weighted by Gasteiger charge is -2.18. The summed E-state index contributed by atoms with van der Waals surface area (Å²) in [6, 6.07) is 9.67. The average molecular weight is 261 g/mol. The number of nitrogen functional groups attached to an aromatic ring is 1. The van der Waals surface area contributed by atoms with Crippen molar-refractivity contribution in [1.29, 1.82) is 0 Å². The molecule has 0 aliphatic carbocycles. The molecule has 2 rings (SSSR count). The van der Waals surface area contributed by atoms with Gasteiger partial charge in [-0.05, 0) is 38.1 Å². The second-order valence-corrected chi connectivity index (χ2v) is 4.73. The van der Waals surface area contributed by atoms with Gasteiger partial charge < -0.3 is 19.9 Å². The zero-order valence-corrected chi connectivity index (χ0v) is 11.5. The molecule has 0 unspecified atom stereocenters. The molecule has 0 spiro atoms. The summed E-state index contributed by atoms with van der Waals surface area (Å²) in [5.41, 5.74) is 6.59. The molecule has 0 saturated carbocycles. The lowest BCUT2D eigenvalue weighted by atomic mass is 10.2. The summed E-state index contributed by atoms with van der Waals surface area (Å²) in [6.45, 7) is 4.64. The highest BCUT2D eigenvalue weighted by Gasteiger charge is 2.07. The van der Waals surface area contributed by atoms with Gasteiger partial charge in [-0.2, -0.15) is 0 Å². The van der Waals surface area contributed by atoms with Crippen molar-refractivity contribution in [3.05, 3.63) is 36.1 Å².